The van der Waals surface area contributed by atoms with Gasteiger partial charge in [0.05, 0.1) is 27.8 Å². The summed E-state index contributed by atoms with van der Waals surface area (Å²) in [5, 5.41) is 0. The maximum absolute atomic E-state index is 12.5. The third kappa shape index (κ3) is 11.1. The van der Waals surface area contributed by atoms with Gasteiger partial charge in [-0.3, -0.25) is 9.59 Å². The Morgan fingerprint density at radius 2 is 1.29 bits per heavy atom. The second-order valence-corrected chi connectivity index (χ2v) is 10.6. The standard InChI is InChI=1S/C17H25NO4.C8H14O2.C6H12/c1-12-7-5-6-8-18(12)16(19)11-13-9-14(20-2)17(22-4)15(10-13)21-3;9-7-10-8-5-3-1-2-4-6-8;1-2-4-6-5-3-1/h9-10,12H,5-8,11H2,1-4H3;7-8H,1-6H2;1-6H2. The monoisotopic (exact) mass is 533 g/mol. The molecule has 1 heterocycles. The number of benzene rings is 1. The minimum Gasteiger partial charge on any atom is -0.493 e. The average molecular weight is 534 g/mol. The van der Waals surface area contributed by atoms with Crippen molar-refractivity contribution in [1.29, 1.82) is 0 Å². The minimum absolute atomic E-state index is 0.154. The van der Waals surface area contributed by atoms with Crippen molar-refractivity contribution in [2.75, 3.05) is 27.9 Å². The second-order valence-electron chi connectivity index (χ2n) is 10.6. The number of hydrogen-bond acceptors (Lipinski definition) is 6. The van der Waals surface area contributed by atoms with Gasteiger partial charge in [-0.1, -0.05) is 51.4 Å². The summed E-state index contributed by atoms with van der Waals surface area (Å²) in [5.41, 5.74) is 0.872. The summed E-state index contributed by atoms with van der Waals surface area (Å²) in [4.78, 5) is 24.5. The Morgan fingerprint density at radius 1 is 0.789 bits per heavy atom. The highest BCUT2D eigenvalue weighted by Crippen LogP contribution is 2.38. The van der Waals surface area contributed by atoms with Gasteiger partial charge in [0.25, 0.3) is 6.47 Å². The zero-order valence-corrected chi connectivity index (χ0v) is 24.3. The molecule has 2 aliphatic carbocycles. The van der Waals surface area contributed by atoms with Crippen LogP contribution >= 0.6 is 0 Å². The third-order valence-electron chi connectivity index (χ3n) is 7.75. The second kappa shape index (κ2) is 18.8. The summed E-state index contributed by atoms with van der Waals surface area (Å²) < 4.78 is 20.9. The molecule has 1 atom stereocenters. The van der Waals surface area contributed by atoms with E-state index in [1.165, 1.54) is 70.6 Å². The van der Waals surface area contributed by atoms with Crippen LogP contribution in [0.4, 0.5) is 0 Å². The summed E-state index contributed by atoms with van der Waals surface area (Å²) in [5.74, 6) is 1.86. The molecular formula is C31H51NO6. The number of likely N-dealkylation sites (tertiary alicyclic amines) is 1. The van der Waals surface area contributed by atoms with E-state index in [0.29, 0.717) is 36.2 Å². The van der Waals surface area contributed by atoms with Crippen molar-refractivity contribution in [2.45, 2.75) is 122 Å². The largest absolute Gasteiger partial charge is 0.493 e. The van der Waals surface area contributed by atoms with E-state index >= 15 is 0 Å². The fraction of sp³-hybridized carbons (Fsp3) is 0.742. The van der Waals surface area contributed by atoms with Gasteiger partial charge in [0.15, 0.2) is 11.5 Å². The zero-order valence-electron chi connectivity index (χ0n) is 24.3. The summed E-state index contributed by atoms with van der Waals surface area (Å²) in [7, 11) is 4.73. The van der Waals surface area contributed by atoms with Crippen LogP contribution in [0.2, 0.25) is 0 Å². The van der Waals surface area contributed by atoms with Crippen molar-refractivity contribution in [3.05, 3.63) is 17.7 Å². The Bertz CT molecular complexity index is 765. The molecule has 1 saturated heterocycles. The van der Waals surface area contributed by atoms with Crippen molar-refractivity contribution in [3.8, 4) is 17.2 Å². The molecule has 1 aromatic carbocycles. The van der Waals surface area contributed by atoms with Gasteiger partial charge in [0.2, 0.25) is 11.7 Å². The number of carbonyl (C=O) groups excluding carboxylic acids is 2. The zero-order chi connectivity index (χ0) is 27.6. The van der Waals surface area contributed by atoms with Crippen LogP contribution in [-0.2, 0) is 20.7 Å². The first-order chi connectivity index (χ1) is 18.5. The van der Waals surface area contributed by atoms with Crippen molar-refractivity contribution < 1.29 is 28.5 Å². The first-order valence-electron chi connectivity index (χ1n) is 14.7. The normalized spacial score (nSPS) is 19.9. The summed E-state index contributed by atoms with van der Waals surface area (Å²) in [6, 6.07) is 4.00. The molecule has 0 bridgehead atoms. The molecule has 3 fully saturated rings. The molecule has 1 aliphatic heterocycles. The van der Waals surface area contributed by atoms with E-state index in [1.54, 1.807) is 21.3 Å². The van der Waals surface area contributed by atoms with Crippen molar-refractivity contribution in [1.82, 2.24) is 4.90 Å². The molecule has 4 rings (SSSR count). The molecule has 38 heavy (non-hydrogen) atoms. The molecule has 0 N–H and O–H groups in total. The van der Waals surface area contributed by atoms with Gasteiger partial charge in [-0.25, -0.2) is 0 Å². The van der Waals surface area contributed by atoms with Crippen molar-refractivity contribution in [3.63, 3.8) is 0 Å². The predicted octanol–water partition coefficient (Wildman–Crippen LogP) is 6.88. The number of ether oxygens (including phenoxy) is 4. The summed E-state index contributed by atoms with van der Waals surface area (Å²) in [6.45, 7) is 3.55. The Labute approximate surface area is 230 Å². The number of piperidine rings is 1. The van der Waals surface area contributed by atoms with Gasteiger partial charge in [-0.05, 0) is 69.6 Å². The maximum atomic E-state index is 12.5. The lowest BCUT2D eigenvalue weighted by molar-refractivity contribution is -0.134. The fourth-order valence-corrected chi connectivity index (χ4v) is 5.50. The van der Waals surface area contributed by atoms with Crippen LogP contribution in [0.5, 0.6) is 17.2 Å². The fourth-order valence-electron chi connectivity index (χ4n) is 5.50. The smallest absolute Gasteiger partial charge is 0.293 e. The molecule has 0 radical (unpaired) electrons. The molecular weight excluding hydrogens is 482 g/mol. The Balaban J connectivity index is 0.000000258. The molecule has 1 aromatic rings. The van der Waals surface area contributed by atoms with E-state index in [9.17, 15) is 9.59 Å². The Kier molecular flexibility index (Phi) is 15.7. The van der Waals surface area contributed by atoms with Crippen molar-refractivity contribution in [2.24, 2.45) is 0 Å². The van der Waals surface area contributed by atoms with Gasteiger partial charge < -0.3 is 23.8 Å². The molecule has 2 saturated carbocycles. The third-order valence-corrected chi connectivity index (χ3v) is 7.75. The predicted molar refractivity (Wildman–Crippen MR) is 151 cm³/mol. The van der Waals surface area contributed by atoms with Crippen LogP contribution in [0.25, 0.3) is 0 Å². The lowest BCUT2D eigenvalue weighted by Crippen LogP contribution is -2.42. The van der Waals surface area contributed by atoms with E-state index in [-0.39, 0.29) is 12.0 Å². The van der Waals surface area contributed by atoms with Gasteiger partial charge >= 0.3 is 0 Å². The van der Waals surface area contributed by atoms with Crippen LogP contribution in [-0.4, -0.2) is 57.3 Å². The van der Waals surface area contributed by atoms with E-state index in [4.69, 9.17) is 18.9 Å². The highest BCUT2D eigenvalue weighted by molar-refractivity contribution is 5.79. The van der Waals surface area contributed by atoms with Gasteiger partial charge in [-0.15, -0.1) is 0 Å². The maximum Gasteiger partial charge on any atom is 0.293 e. The SMILES string of the molecule is C1CCCCC1.COc1cc(CC(=O)N2CCCCC2C)cc(OC)c1OC.O=COC1CCCCCC1. The Morgan fingerprint density at radius 3 is 1.74 bits per heavy atom. The lowest BCUT2D eigenvalue weighted by Gasteiger charge is -2.33. The van der Waals surface area contributed by atoms with E-state index < -0.39 is 0 Å². The Hall–Kier alpha value is -2.44. The van der Waals surface area contributed by atoms with Gasteiger partial charge in [-0.2, -0.15) is 0 Å². The van der Waals surface area contributed by atoms with E-state index in [0.717, 1.165) is 37.8 Å². The number of rotatable bonds is 7. The van der Waals surface area contributed by atoms with Crippen LogP contribution in [0.15, 0.2) is 12.1 Å². The average Bonchev–Trinajstić information content (AvgIpc) is 3.23. The molecule has 1 amide bonds. The topological polar surface area (TPSA) is 74.3 Å². The molecule has 1 unspecified atom stereocenters. The van der Waals surface area contributed by atoms with Crippen LogP contribution in [0.3, 0.4) is 0 Å². The first-order valence-corrected chi connectivity index (χ1v) is 14.7. The summed E-state index contributed by atoms with van der Waals surface area (Å²) >= 11 is 0. The van der Waals surface area contributed by atoms with Gasteiger partial charge in [0, 0.05) is 12.6 Å². The number of amides is 1. The minimum atomic E-state index is 0.154. The molecule has 3 aliphatic rings. The number of methoxy groups -OCH3 is 3. The molecule has 7 nitrogen and oxygen atoms in total. The molecule has 0 spiro atoms. The van der Waals surface area contributed by atoms with Crippen LogP contribution < -0.4 is 14.2 Å². The van der Waals surface area contributed by atoms with E-state index in [1.807, 2.05) is 17.0 Å². The molecule has 216 valence electrons. The highest BCUT2D eigenvalue weighted by atomic mass is 16.5. The lowest BCUT2D eigenvalue weighted by atomic mass is 10.0. The highest BCUT2D eigenvalue weighted by Gasteiger charge is 2.24. The first kappa shape index (κ1) is 31.8. The van der Waals surface area contributed by atoms with Crippen LogP contribution in [0, 0.1) is 0 Å². The number of nitrogens with zero attached hydrogens (tertiary/aromatic N) is 1. The van der Waals surface area contributed by atoms with E-state index in [2.05, 4.69) is 6.92 Å². The summed E-state index contributed by atoms with van der Waals surface area (Å²) in [6.07, 6.45) is 20.1. The van der Waals surface area contributed by atoms with Gasteiger partial charge in [0.1, 0.15) is 6.10 Å². The number of hydrogen-bond donors (Lipinski definition) is 0. The molecule has 7 heteroatoms. The van der Waals surface area contributed by atoms with Crippen LogP contribution in [0.1, 0.15) is 109 Å². The molecule has 0 aromatic heterocycles. The number of carbonyl (C=O) groups is 2. The quantitative estimate of drug-likeness (QED) is 0.281. The van der Waals surface area contributed by atoms with Crippen molar-refractivity contribution >= 4 is 12.4 Å².